The van der Waals surface area contributed by atoms with Gasteiger partial charge in [-0.1, -0.05) is 34.1 Å². The molecule has 0 saturated carbocycles. The Kier molecular flexibility index (Phi) is 9.33. The van der Waals surface area contributed by atoms with Gasteiger partial charge in [0.15, 0.2) is 6.10 Å². The number of hydrogen-bond donors (Lipinski definition) is 3. The summed E-state index contributed by atoms with van der Waals surface area (Å²) in [5.41, 5.74) is 0.973. The molecule has 1 amide bonds. The summed E-state index contributed by atoms with van der Waals surface area (Å²) in [5, 5.41) is 20.6. The molecule has 8 nitrogen and oxygen atoms in total. The number of anilines is 1. The SMILES string of the molecule is CO[C@H](/C=C/C(=O)O)[C@H](OC(=O)Nc1ccc(Br)cc1)c1ccccc1OCCO. The van der Waals surface area contributed by atoms with Gasteiger partial charge in [-0.05, 0) is 36.4 Å². The van der Waals surface area contributed by atoms with E-state index in [1.165, 1.54) is 13.2 Å². The fourth-order valence-electron chi connectivity index (χ4n) is 2.59. The minimum absolute atomic E-state index is 0.0391. The van der Waals surface area contributed by atoms with Crippen LogP contribution >= 0.6 is 15.9 Å². The maximum absolute atomic E-state index is 12.5. The molecule has 0 bridgehead atoms. The summed E-state index contributed by atoms with van der Waals surface area (Å²) in [6, 6.07) is 13.7. The standard InChI is InChI=1S/C21H22BrNO7/c1-28-18(10-11-19(25)26)20(16-4-2-3-5-17(16)29-13-12-24)30-21(27)23-15-8-6-14(22)7-9-15/h2-11,18,20,24H,12-13H2,1H3,(H,23,27)(H,25,26)/b11-10+/t18-,20-/m1/s1. The van der Waals surface area contributed by atoms with Crippen molar-refractivity contribution in [3.05, 3.63) is 70.7 Å². The van der Waals surface area contributed by atoms with Gasteiger partial charge in [0.25, 0.3) is 0 Å². The molecule has 0 spiro atoms. The van der Waals surface area contributed by atoms with Crippen LogP contribution < -0.4 is 10.1 Å². The predicted molar refractivity (Wildman–Crippen MR) is 114 cm³/mol. The Morgan fingerprint density at radius 1 is 1.17 bits per heavy atom. The summed E-state index contributed by atoms with van der Waals surface area (Å²) in [5.74, 6) is -0.793. The molecule has 3 N–H and O–H groups in total. The summed E-state index contributed by atoms with van der Waals surface area (Å²) in [6.45, 7) is -0.159. The molecule has 0 fully saturated rings. The van der Waals surface area contributed by atoms with Crippen molar-refractivity contribution in [2.45, 2.75) is 12.2 Å². The molecule has 30 heavy (non-hydrogen) atoms. The van der Waals surface area contributed by atoms with Crippen molar-refractivity contribution >= 4 is 33.7 Å². The van der Waals surface area contributed by atoms with Gasteiger partial charge >= 0.3 is 12.1 Å². The van der Waals surface area contributed by atoms with E-state index in [1.54, 1.807) is 48.5 Å². The zero-order valence-electron chi connectivity index (χ0n) is 16.2. The first-order chi connectivity index (χ1) is 14.4. The fourth-order valence-corrected chi connectivity index (χ4v) is 2.85. The molecule has 0 aromatic heterocycles. The van der Waals surface area contributed by atoms with Crippen molar-refractivity contribution in [1.82, 2.24) is 0 Å². The van der Waals surface area contributed by atoms with Crippen LogP contribution in [-0.4, -0.2) is 48.7 Å². The first kappa shape index (κ1) is 23.4. The van der Waals surface area contributed by atoms with E-state index >= 15 is 0 Å². The van der Waals surface area contributed by atoms with E-state index in [2.05, 4.69) is 21.2 Å². The third-order valence-electron chi connectivity index (χ3n) is 3.90. The smallest absolute Gasteiger partial charge is 0.412 e. The second kappa shape index (κ2) is 12.0. The van der Waals surface area contributed by atoms with Crippen molar-refractivity contribution in [2.24, 2.45) is 0 Å². The van der Waals surface area contributed by atoms with Crippen LogP contribution in [0.4, 0.5) is 10.5 Å². The van der Waals surface area contributed by atoms with Gasteiger partial charge in [-0.2, -0.15) is 0 Å². The number of nitrogens with one attached hydrogen (secondary N) is 1. The molecular formula is C21H22BrNO7. The summed E-state index contributed by atoms with van der Waals surface area (Å²) in [7, 11) is 1.37. The summed E-state index contributed by atoms with van der Waals surface area (Å²) in [4.78, 5) is 23.5. The number of methoxy groups -OCH3 is 1. The van der Waals surface area contributed by atoms with Crippen LogP contribution in [0.3, 0.4) is 0 Å². The number of aliphatic hydroxyl groups excluding tert-OH is 1. The molecule has 9 heteroatoms. The Hall–Kier alpha value is -2.88. The lowest BCUT2D eigenvalue weighted by Crippen LogP contribution is -2.27. The van der Waals surface area contributed by atoms with Crippen LogP contribution in [0, 0.1) is 0 Å². The van der Waals surface area contributed by atoms with Crippen LogP contribution in [0.1, 0.15) is 11.7 Å². The van der Waals surface area contributed by atoms with Crippen LogP contribution in [0.2, 0.25) is 0 Å². The largest absolute Gasteiger partial charge is 0.491 e. The highest BCUT2D eigenvalue weighted by Crippen LogP contribution is 2.32. The third-order valence-corrected chi connectivity index (χ3v) is 4.43. The summed E-state index contributed by atoms with van der Waals surface area (Å²) < 4.78 is 17.4. The second-order valence-corrected chi connectivity index (χ2v) is 6.88. The number of amides is 1. The monoisotopic (exact) mass is 479 g/mol. The number of carbonyl (C=O) groups excluding carboxylic acids is 1. The van der Waals surface area contributed by atoms with Crippen LogP contribution in [0.25, 0.3) is 0 Å². The number of carbonyl (C=O) groups is 2. The van der Waals surface area contributed by atoms with Gasteiger partial charge in [0, 0.05) is 28.9 Å². The van der Waals surface area contributed by atoms with Crippen molar-refractivity contribution in [3.8, 4) is 5.75 Å². The predicted octanol–water partition coefficient (Wildman–Crippen LogP) is 3.77. The van der Waals surface area contributed by atoms with E-state index in [1.807, 2.05) is 0 Å². The lowest BCUT2D eigenvalue weighted by atomic mass is 10.0. The van der Waals surface area contributed by atoms with E-state index in [0.29, 0.717) is 17.0 Å². The normalized spacial score (nSPS) is 12.9. The van der Waals surface area contributed by atoms with Crippen LogP contribution in [0.15, 0.2) is 65.2 Å². The number of benzene rings is 2. The number of ether oxygens (including phenoxy) is 3. The van der Waals surface area contributed by atoms with Gasteiger partial charge in [0.05, 0.1) is 6.61 Å². The van der Waals surface area contributed by atoms with Gasteiger partial charge < -0.3 is 24.4 Å². The van der Waals surface area contributed by atoms with Gasteiger partial charge in [-0.3, -0.25) is 5.32 Å². The average Bonchev–Trinajstić information content (AvgIpc) is 2.73. The van der Waals surface area contributed by atoms with Gasteiger partial charge in [-0.25, -0.2) is 9.59 Å². The molecule has 0 aliphatic carbocycles. The number of hydrogen-bond acceptors (Lipinski definition) is 6. The van der Waals surface area contributed by atoms with E-state index < -0.39 is 24.3 Å². The van der Waals surface area contributed by atoms with Gasteiger partial charge in [0.1, 0.15) is 18.5 Å². The number of aliphatic carboxylic acids is 1. The number of aliphatic hydroxyl groups is 1. The maximum Gasteiger partial charge on any atom is 0.412 e. The molecule has 0 aliphatic heterocycles. The zero-order valence-corrected chi connectivity index (χ0v) is 17.7. The molecule has 160 valence electrons. The quantitative estimate of drug-likeness (QED) is 0.444. The highest BCUT2D eigenvalue weighted by molar-refractivity contribution is 9.10. The van der Waals surface area contributed by atoms with E-state index in [4.69, 9.17) is 24.4 Å². The first-order valence-corrected chi connectivity index (χ1v) is 9.73. The molecule has 2 atom stereocenters. The Morgan fingerprint density at radius 3 is 2.50 bits per heavy atom. The molecule has 0 unspecified atom stereocenters. The van der Waals surface area contributed by atoms with Crippen LogP contribution in [0.5, 0.6) is 5.75 Å². The first-order valence-electron chi connectivity index (χ1n) is 8.94. The zero-order chi connectivity index (χ0) is 21.9. The topological polar surface area (TPSA) is 114 Å². The molecule has 0 radical (unpaired) electrons. The number of halogens is 1. The molecule has 2 aromatic carbocycles. The van der Waals surface area contributed by atoms with Gasteiger partial charge in [0.2, 0.25) is 0 Å². The van der Waals surface area contributed by atoms with Crippen molar-refractivity contribution in [3.63, 3.8) is 0 Å². The highest BCUT2D eigenvalue weighted by Gasteiger charge is 2.28. The summed E-state index contributed by atoms with van der Waals surface area (Å²) >= 11 is 3.32. The number of carboxylic acid groups (broad SMARTS) is 1. The molecule has 0 aliphatic rings. The second-order valence-electron chi connectivity index (χ2n) is 5.97. The Morgan fingerprint density at radius 2 is 1.87 bits per heavy atom. The molecule has 2 rings (SSSR count). The van der Waals surface area contributed by atoms with E-state index in [-0.39, 0.29) is 13.2 Å². The molecule has 2 aromatic rings. The Bertz CT molecular complexity index is 870. The Balaban J connectivity index is 2.32. The molecule has 0 saturated heterocycles. The van der Waals surface area contributed by atoms with Crippen molar-refractivity contribution in [2.75, 3.05) is 25.6 Å². The lowest BCUT2D eigenvalue weighted by Gasteiger charge is -2.26. The average molecular weight is 480 g/mol. The minimum Gasteiger partial charge on any atom is -0.491 e. The fraction of sp³-hybridized carbons (Fsp3) is 0.238. The number of para-hydroxylation sites is 1. The van der Waals surface area contributed by atoms with Crippen molar-refractivity contribution < 1.29 is 34.0 Å². The number of carboxylic acids is 1. The minimum atomic E-state index is -1.17. The summed E-state index contributed by atoms with van der Waals surface area (Å²) in [6.07, 6.45) is -0.492. The van der Waals surface area contributed by atoms with Gasteiger partial charge in [-0.15, -0.1) is 0 Å². The van der Waals surface area contributed by atoms with Crippen molar-refractivity contribution in [1.29, 1.82) is 0 Å². The van der Waals surface area contributed by atoms with E-state index in [0.717, 1.165) is 10.5 Å². The number of rotatable bonds is 10. The molecular weight excluding hydrogens is 458 g/mol. The lowest BCUT2D eigenvalue weighted by molar-refractivity contribution is -0.131. The molecule has 0 heterocycles. The Labute approximate surface area is 182 Å². The third kappa shape index (κ3) is 7.18. The highest BCUT2D eigenvalue weighted by atomic mass is 79.9. The maximum atomic E-state index is 12.5. The van der Waals surface area contributed by atoms with Crippen LogP contribution in [-0.2, 0) is 14.3 Å². The van der Waals surface area contributed by atoms with E-state index in [9.17, 15) is 9.59 Å².